The van der Waals surface area contributed by atoms with Gasteiger partial charge in [0.1, 0.15) is 0 Å². The van der Waals surface area contributed by atoms with Crippen molar-refractivity contribution in [3.8, 4) is 0 Å². The first-order chi connectivity index (χ1) is 5.63. The zero-order chi connectivity index (χ0) is 9.56. The Morgan fingerprint density at radius 2 is 2.17 bits per heavy atom. The summed E-state index contributed by atoms with van der Waals surface area (Å²) in [4.78, 5) is 0. The minimum atomic E-state index is -0.308. The molecule has 0 saturated carbocycles. The van der Waals surface area contributed by atoms with Gasteiger partial charge >= 0.3 is 0 Å². The molecule has 72 valence electrons. The summed E-state index contributed by atoms with van der Waals surface area (Å²) in [6.45, 7) is 8.58. The minimum Gasteiger partial charge on any atom is -0.392 e. The molecule has 0 spiro atoms. The second kappa shape index (κ2) is 6.21. The maximum absolute atomic E-state index is 9.61. The van der Waals surface area contributed by atoms with Crippen LogP contribution in [0.15, 0.2) is 12.2 Å². The van der Waals surface area contributed by atoms with Crippen molar-refractivity contribution < 1.29 is 9.84 Å². The third-order valence-electron chi connectivity index (χ3n) is 2.29. The lowest BCUT2D eigenvalue weighted by molar-refractivity contribution is 0.0828. The first-order valence-electron chi connectivity index (χ1n) is 4.48. The van der Waals surface area contributed by atoms with Gasteiger partial charge in [0, 0.05) is 19.6 Å². The van der Waals surface area contributed by atoms with Gasteiger partial charge in [0.05, 0.1) is 6.10 Å². The second-order valence-corrected chi connectivity index (χ2v) is 3.15. The Morgan fingerprint density at radius 3 is 2.58 bits per heavy atom. The summed E-state index contributed by atoms with van der Waals surface area (Å²) in [6.07, 6.45) is 1.32. The number of hydrogen-bond donors (Lipinski definition) is 1. The van der Waals surface area contributed by atoms with Gasteiger partial charge < -0.3 is 9.84 Å². The average molecular weight is 172 g/mol. The van der Waals surface area contributed by atoms with Crippen LogP contribution < -0.4 is 0 Å². The molecular formula is C10H20O2. The van der Waals surface area contributed by atoms with Crippen molar-refractivity contribution in [3.63, 3.8) is 0 Å². The zero-order valence-corrected chi connectivity index (χ0v) is 8.34. The van der Waals surface area contributed by atoms with E-state index in [0.717, 1.165) is 12.0 Å². The summed E-state index contributed by atoms with van der Waals surface area (Å²) in [5.74, 6) is 0.185. The van der Waals surface area contributed by atoms with Gasteiger partial charge in [0.25, 0.3) is 0 Å². The summed E-state index contributed by atoms with van der Waals surface area (Å²) in [7, 11) is 1.64. The van der Waals surface area contributed by atoms with Gasteiger partial charge in [0.2, 0.25) is 0 Å². The molecule has 0 fully saturated rings. The molecule has 12 heavy (non-hydrogen) atoms. The van der Waals surface area contributed by atoms with E-state index in [4.69, 9.17) is 4.74 Å². The van der Waals surface area contributed by atoms with E-state index in [1.165, 1.54) is 0 Å². The van der Waals surface area contributed by atoms with Crippen LogP contribution in [-0.2, 0) is 4.74 Å². The fourth-order valence-corrected chi connectivity index (χ4v) is 1.08. The largest absolute Gasteiger partial charge is 0.392 e. The van der Waals surface area contributed by atoms with Crippen LogP contribution in [-0.4, -0.2) is 24.9 Å². The van der Waals surface area contributed by atoms with Crippen molar-refractivity contribution in [1.29, 1.82) is 0 Å². The van der Waals surface area contributed by atoms with Crippen molar-refractivity contribution in [3.05, 3.63) is 12.2 Å². The van der Waals surface area contributed by atoms with Crippen molar-refractivity contribution >= 4 is 0 Å². The van der Waals surface area contributed by atoms with Gasteiger partial charge in [-0.25, -0.2) is 0 Å². The summed E-state index contributed by atoms with van der Waals surface area (Å²) in [5, 5.41) is 9.61. The Balaban J connectivity index is 3.75. The van der Waals surface area contributed by atoms with Crippen molar-refractivity contribution in [1.82, 2.24) is 0 Å². The van der Waals surface area contributed by atoms with E-state index >= 15 is 0 Å². The molecule has 0 heterocycles. The van der Waals surface area contributed by atoms with Crippen LogP contribution in [0.2, 0.25) is 0 Å². The lowest BCUT2D eigenvalue weighted by Crippen LogP contribution is -2.20. The normalized spacial score (nSPS) is 15.7. The average Bonchev–Trinajstić information content (AvgIpc) is 2.11. The predicted octanol–water partition coefficient (Wildman–Crippen LogP) is 1.99. The van der Waals surface area contributed by atoms with E-state index in [1.807, 2.05) is 6.92 Å². The first kappa shape index (κ1) is 11.7. The number of methoxy groups -OCH3 is 1. The highest BCUT2D eigenvalue weighted by Crippen LogP contribution is 2.17. The van der Waals surface area contributed by atoms with Gasteiger partial charge in [-0.2, -0.15) is 0 Å². The Morgan fingerprint density at radius 1 is 1.58 bits per heavy atom. The SMILES string of the molecule is C=C(CC)[C@@H](C)[C@H](O)CCOC. The van der Waals surface area contributed by atoms with E-state index < -0.39 is 0 Å². The summed E-state index contributed by atoms with van der Waals surface area (Å²) in [5.41, 5.74) is 1.11. The van der Waals surface area contributed by atoms with Crippen LogP contribution in [0.5, 0.6) is 0 Å². The van der Waals surface area contributed by atoms with Crippen LogP contribution in [0.4, 0.5) is 0 Å². The number of rotatable bonds is 6. The third-order valence-corrected chi connectivity index (χ3v) is 2.29. The van der Waals surface area contributed by atoms with Gasteiger partial charge in [-0.1, -0.05) is 26.0 Å². The van der Waals surface area contributed by atoms with E-state index in [1.54, 1.807) is 7.11 Å². The molecule has 2 heteroatoms. The lowest BCUT2D eigenvalue weighted by atomic mass is 9.93. The van der Waals surface area contributed by atoms with Gasteiger partial charge in [-0.15, -0.1) is 0 Å². The van der Waals surface area contributed by atoms with Crippen LogP contribution in [0.3, 0.4) is 0 Å². The molecule has 0 aliphatic rings. The van der Waals surface area contributed by atoms with Crippen LogP contribution >= 0.6 is 0 Å². The number of hydrogen-bond acceptors (Lipinski definition) is 2. The molecule has 0 aromatic heterocycles. The Hall–Kier alpha value is -0.340. The molecule has 2 nitrogen and oxygen atoms in total. The summed E-state index contributed by atoms with van der Waals surface area (Å²) in [6, 6.07) is 0. The van der Waals surface area contributed by atoms with E-state index in [2.05, 4.69) is 13.5 Å². The molecule has 0 amide bonds. The lowest BCUT2D eigenvalue weighted by Gasteiger charge is -2.19. The number of aliphatic hydroxyl groups is 1. The molecule has 0 rings (SSSR count). The van der Waals surface area contributed by atoms with Gasteiger partial charge in [-0.05, 0) is 12.8 Å². The molecule has 2 atom stereocenters. The zero-order valence-electron chi connectivity index (χ0n) is 8.34. The Labute approximate surface area is 75.2 Å². The second-order valence-electron chi connectivity index (χ2n) is 3.15. The van der Waals surface area contributed by atoms with Crippen molar-refractivity contribution in [2.75, 3.05) is 13.7 Å². The van der Waals surface area contributed by atoms with E-state index in [-0.39, 0.29) is 12.0 Å². The van der Waals surface area contributed by atoms with E-state index in [9.17, 15) is 5.11 Å². The molecular weight excluding hydrogens is 152 g/mol. The Bertz CT molecular complexity index is 132. The van der Waals surface area contributed by atoms with Gasteiger partial charge in [0.15, 0.2) is 0 Å². The maximum atomic E-state index is 9.61. The molecule has 0 unspecified atom stereocenters. The summed E-state index contributed by atoms with van der Waals surface area (Å²) < 4.78 is 4.89. The monoisotopic (exact) mass is 172 g/mol. The highest BCUT2D eigenvalue weighted by molar-refractivity contribution is 5.00. The molecule has 0 aromatic carbocycles. The summed E-state index contributed by atoms with van der Waals surface area (Å²) >= 11 is 0. The fourth-order valence-electron chi connectivity index (χ4n) is 1.08. The first-order valence-corrected chi connectivity index (χ1v) is 4.48. The van der Waals surface area contributed by atoms with Crippen molar-refractivity contribution in [2.45, 2.75) is 32.8 Å². The minimum absolute atomic E-state index is 0.185. The highest BCUT2D eigenvalue weighted by atomic mass is 16.5. The predicted molar refractivity (Wildman–Crippen MR) is 51.1 cm³/mol. The van der Waals surface area contributed by atoms with Crippen LogP contribution in [0.25, 0.3) is 0 Å². The van der Waals surface area contributed by atoms with Crippen molar-refractivity contribution in [2.24, 2.45) is 5.92 Å². The smallest absolute Gasteiger partial charge is 0.0624 e. The third kappa shape index (κ3) is 3.88. The molecule has 0 aliphatic heterocycles. The van der Waals surface area contributed by atoms with Crippen LogP contribution in [0.1, 0.15) is 26.7 Å². The van der Waals surface area contributed by atoms with Gasteiger partial charge in [-0.3, -0.25) is 0 Å². The molecule has 0 aliphatic carbocycles. The molecule has 0 aromatic rings. The number of aliphatic hydroxyl groups excluding tert-OH is 1. The topological polar surface area (TPSA) is 29.5 Å². The Kier molecular flexibility index (Phi) is 6.03. The molecule has 0 radical (unpaired) electrons. The standard InChI is InChI=1S/C10H20O2/c1-5-8(2)9(3)10(11)6-7-12-4/h9-11H,2,5-7H2,1,3-4H3/t9-,10-/m1/s1. The maximum Gasteiger partial charge on any atom is 0.0624 e. The van der Waals surface area contributed by atoms with E-state index in [0.29, 0.717) is 13.0 Å². The number of ether oxygens (including phenoxy) is 1. The molecule has 0 bridgehead atoms. The fraction of sp³-hybridized carbons (Fsp3) is 0.800. The highest BCUT2D eigenvalue weighted by Gasteiger charge is 2.15. The quantitative estimate of drug-likeness (QED) is 0.621. The molecule has 0 saturated heterocycles. The molecule has 1 N–H and O–H groups in total. The van der Waals surface area contributed by atoms with Crippen LogP contribution in [0, 0.1) is 5.92 Å².